The normalized spacial score (nSPS) is 25.2. The van der Waals surface area contributed by atoms with Crippen molar-refractivity contribution in [2.24, 2.45) is 5.73 Å². The molecule has 4 nitrogen and oxygen atoms in total. The predicted octanol–water partition coefficient (Wildman–Crippen LogP) is 1.20. The van der Waals surface area contributed by atoms with Crippen LogP contribution in [0.3, 0.4) is 0 Å². The number of thiophene rings is 1. The maximum absolute atomic E-state index is 5.69. The standard InChI is InChI=1S/C9H10N4S/c10-5-3-7(5)13-9-11-4-8-6(12-9)1-2-14-8/h1-2,4-5,7H,3,10H2,(H,11,12,13). The lowest BCUT2D eigenvalue weighted by Gasteiger charge is -2.01. The van der Waals surface area contributed by atoms with E-state index in [1.165, 1.54) is 0 Å². The molecule has 3 rings (SSSR count). The van der Waals surface area contributed by atoms with Gasteiger partial charge in [-0.3, -0.25) is 0 Å². The zero-order valence-corrected chi connectivity index (χ0v) is 8.29. The minimum atomic E-state index is 0.275. The third-order valence-corrected chi connectivity index (χ3v) is 3.20. The van der Waals surface area contributed by atoms with Crippen molar-refractivity contribution in [1.29, 1.82) is 0 Å². The number of aromatic nitrogens is 2. The molecule has 1 aliphatic carbocycles. The van der Waals surface area contributed by atoms with Gasteiger partial charge in [0.2, 0.25) is 5.95 Å². The predicted molar refractivity (Wildman–Crippen MR) is 57.4 cm³/mol. The Hall–Kier alpha value is -1.20. The van der Waals surface area contributed by atoms with Gasteiger partial charge in [0.1, 0.15) is 0 Å². The number of anilines is 1. The minimum Gasteiger partial charge on any atom is -0.350 e. The Morgan fingerprint density at radius 2 is 2.43 bits per heavy atom. The molecule has 1 aliphatic rings. The van der Waals surface area contributed by atoms with Gasteiger partial charge in [-0.15, -0.1) is 11.3 Å². The number of nitrogens with one attached hydrogen (secondary N) is 1. The van der Waals surface area contributed by atoms with Crippen molar-refractivity contribution in [3.05, 3.63) is 17.6 Å². The summed E-state index contributed by atoms with van der Waals surface area (Å²) in [6.07, 6.45) is 2.87. The summed E-state index contributed by atoms with van der Waals surface area (Å²) < 4.78 is 1.12. The van der Waals surface area contributed by atoms with Gasteiger partial charge in [0.05, 0.1) is 16.4 Å². The molecule has 3 N–H and O–H groups in total. The van der Waals surface area contributed by atoms with E-state index in [0.717, 1.165) is 16.6 Å². The van der Waals surface area contributed by atoms with Crippen molar-refractivity contribution in [2.45, 2.75) is 18.5 Å². The molecule has 14 heavy (non-hydrogen) atoms. The Morgan fingerprint density at radius 3 is 3.21 bits per heavy atom. The third kappa shape index (κ3) is 1.34. The number of nitrogens with two attached hydrogens (primary N) is 1. The summed E-state index contributed by atoms with van der Waals surface area (Å²) in [4.78, 5) is 8.61. The summed E-state index contributed by atoms with van der Waals surface area (Å²) in [5, 5.41) is 5.22. The molecule has 1 fully saturated rings. The van der Waals surface area contributed by atoms with Gasteiger partial charge >= 0.3 is 0 Å². The van der Waals surface area contributed by atoms with Crippen molar-refractivity contribution in [2.75, 3.05) is 5.32 Å². The molecule has 0 bridgehead atoms. The van der Waals surface area contributed by atoms with Gasteiger partial charge in [-0.2, -0.15) is 0 Å². The topological polar surface area (TPSA) is 63.8 Å². The largest absolute Gasteiger partial charge is 0.350 e. The van der Waals surface area contributed by atoms with Gasteiger partial charge in [-0.25, -0.2) is 9.97 Å². The molecule has 0 spiro atoms. The molecule has 0 amide bonds. The maximum Gasteiger partial charge on any atom is 0.223 e. The number of rotatable bonds is 2. The van der Waals surface area contributed by atoms with Crippen LogP contribution < -0.4 is 11.1 Å². The highest BCUT2D eigenvalue weighted by atomic mass is 32.1. The monoisotopic (exact) mass is 206 g/mol. The fourth-order valence-electron chi connectivity index (χ4n) is 1.38. The summed E-state index contributed by atoms with van der Waals surface area (Å²) in [6.45, 7) is 0. The van der Waals surface area contributed by atoms with E-state index in [0.29, 0.717) is 12.0 Å². The highest BCUT2D eigenvalue weighted by Crippen LogP contribution is 2.24. The molecule has 1 saturated carbocycles. The Bertz CT molecular complexity index is 467. The Balaban J connectivity index is 1.89. The van der Waals surface area contributed by atoms with E-state index in [2.05, 4.69) is 15.3 Å². The third-order valence-electron chi connectivity index (χ3n) is 2.36. The van der Waals surface area contributed by atoms with Crippen molar-refractivity contribution < 1.29 is 0 Å². The smallest absolute Gasteiger partial charge is 0.223 e. The number of hydrogen-bond donors (Lipinski definition) is 2. The van der Waals surface area contributed by atoms with Crippen LogP contribution in [-0.2, 0) is 0 Å². The van der Waals surface area contributed by atoms with E-state index in [-0.39, 0.29) is 6.04 Å². The molecule has 0 aromatic carbocycles. The fraction of sp³-hybridized carbons (Fsp3) is 0.333. The first kappa shape index (κ1) is 8.14. The molecule has 72 valence electrons. The van der Waals surface area contributed by atoms with Gasteiger partial charge < -0.3 is 11.1 Å². The number of nitrogens with zero attached hydrogens (tertiary/aromatic N) is 2. The van der Waals surface area contributed by atoms with Crippen LogP contribution in [0.25, 0.3) is 10.2 Å². The second-order valence-corrected chi connectivity index (χ2v) is 4.46. The van der Waals surface area contributed by atoms with Crippen molar-refractivity contribution >= 4 is 27.5 Å². The molecule has 2 aromatic heterocycles. The van der Waals surface area contributed by atoms with Crippen molar-refractivity contribution in [3.8, 4) is 0 Å². The van der Waals surface area contributed by atoms with Crippen molar-refractivity contribution in [1.82, 2.24) is 9.97 Å². The lowest BCUT2D eigenvalue weighted by molar-refractivity contribution is 0.984. The molecular formula is C9H10N4S. The minimum absolute atomic E-state index is 0.275. The van der Waals surface area contributed by atoms with Crippen LogP contribution in [-0.4, -0.2) is 22.1 Å². The molecule has 0 aliphatic heterocycles. The SMILES string of the molecule is NC1CC1Nc1ncc2sccc2n1. The molecule has 2 heterocycles. The number of hydrogen-bond acceptors (Lipinski definition) is 5. The first-order chi connectivity index (χ1) is 6.83. The first-order valence-corrected chi connectivity index (χ1v) is 5.43. The highest BCUT2D eigenvalue weighted by molar-refractivity contribution is 7.17. The zero-order chi connectivity index (χ0) is 9.54. The zero-order valence-electron chi connectivity index (χ0n) is 7.47. The average Bonchev–Trinajstić information content (AvgIpc) is 2.70. The van der Waals surface area contributed by atoms with Crippen LogP contribution in [0.15, 0.2) is 17.6 Å². The summed E-state index contributed by atoms with van der Waals surface area (Å²) in [7, 11) is 0. The van der Waals surface area contributed by atoms with Crippen LogP contribution in [0.4, 0.5) is 5.95 Å². The molecular weight excluding hydrogens is 196 g/mol. The van der Waals surface area contributed by atoms with Gasteiger partial charge in [-0.1, -0.05) is 0 Å². The lowest BCUT2D eigenvalue weighted by atomic mass is 10.5. The Kier molecular flexibility index (Phi) is 1.68. The quantitative estimate of drug-likeness (QED) is 0.775. The van der Waals surface area contributed by atoms with Crippen LogP contribution >= 0.6 is 11.3 Å². The summed E-state index contributed by atoms with van der Waals surface area (Å²) in [5.41, 5.74) is 6.69. The first-order valence-electron chi connectivity index (χ1n) is 4.55. The molecule has 0 saturated heterocycles. The van der Waals surface area contributed by atoms with Crippen LogP contribution in [0, 0.1) is 0 Å². The van der Waals surface area contributed by atoms with Crippen LogP contribution in [0.2, 0.25) is 0 Å². The lowest BCUT2D eigenvalue weighted by Crippen LogP contribution is -2.14. The average molecular weight is 206 g/mol. The van der Waals surface area contributed by atoms with Crippen LogP contribution in [0.1, 0.15) is 6.42 Å². The molecule has 2 atom stereocenters. The van der Waals surface area contributed by atoms with E-state index >= 15 is 0 Å². The maximum atomic E-state index is 5.69. The Morgan fingerprint density at radius 1 is 1.57 bits per heavy atom. The van der Waals surface area contributed by atoms with E-state index < -0.39 is 0 Å². The Labute approximate surface area is 85.2 Å². The second-order valence-electron chi connectivity index (χ2n) is 3.51. The molecule has 5 heteroatoms. The van der Waals surface area contributed by atoms with Gasteiger partial charge in [0, 0.05) is 12.1 Å². The highest BCUT2D eigenvalue weighted by Gasteiger charge is 2.33. The molecule has 2 aromatic rings. The van der Waals surface area contributed by atoms with Crippen LogP contribution in [0.5, 0.6) is 0 Å². The van der Waals surface area contributed by atoms with E-state index in [1.54, 1.807) is 11.3 Å². The van der Waals surface area contributed by atoms with E-state index in [9.17, 15) is 0 Å². The summed E-state index contributed by atoms with van der Waals surface area (Å²) in [5.74, 6) is 0.689. The van der Waals surface area contributed by atoms with E-state index in [1.807, 2.05) is 17.6 Å². The second kappa shape index (κ2) is 2.90. The molecule has 0 radical (unpaired) electrons. The van der Waals surface area contributed by atoms with E-state index in [4.69, 9.17) is 5.73 Å². The van der Waals surface area contributed by atoms with Crippen molar-refractivity contribution in [3.63, 3.8) is 0 Å². The van der Waals surface area contributed by atoms with Gasteiger partial charge in [0.15, 0.2) is 0 Å². The fourth-order valence-corrected chi connectivity index (χ4v) is 2.07. The van der Waals surface area contributed by atoms with Gasteiger partial charge in [-0.05, 0) is 17.9 Å². The van der Waals surface area contributed by atoms with Gasteiger partial charge in [0.25, 0.3) is 0 Å². The number of fused-ring (bicyclic) bond motifs is 1. The summed E-state index contributed by atoms with van der Waals surface area (Å²) >= 11 is 1.65. The molecule has 2 unspecified atom stereocenters. The summed E-state index contributed by atoms with van der Waals surface area (Å²) in [6, 6.07) is 2.64.